The molecule has 1 aliphatic heterocycles. The van der Waals surface area contributed by atoms with E-state index >= 15 is 0 Å². The Morgan fingerprint density at radius 3 is 2.07 bits per heavy atom. The maximum absolute atomic E-state index is 3.32. The summed E-state index contributed by atoms with van der Waals surface area (Å²) in [6.07, 6.45) is 0. The summed E-state index contributed by atoms with van der Waals surface area (Å²) in [5.41, 5.74) is 1.43. The quantitative estimate of drug-likeness (QED) is 0.775. The zero-order valence-corrected chi connectivity index (χ0v) is 9.53. The summed E-state index contributed by atoms with van der Waals surface area (Å²) in [6, 6.07) is 10.7. The van der Waals surface area contributed by atoms with Crippen LogP contribution in [0.1, 0.15) is 11.5 Å². The van der Waals surface area contributed by atoms with Gasteiger partial charge in [0.1, 0.15) is 0 Å². The van der Waals surface area contributed by atoms with Crippen LogP contribution in [0.25, 0.3) is 0 Å². The molecule has 2 nitrogen and oxygen atoms in total. The van der Waals surface area contributed by atoms with Crippen LogP contribution in [0.2, 0.25) is 0 Å². The van der Waals surface area contributed by atoms with Gasteiger partial charge in [-0.1, -0.05) is 30.3 Å². The summed E-state index contributed by atoms with van der Waals surface area (Å²) >= 11 is 0. The smallest absolute Gasteiger partial charge is 0.0454 e. The highest BCUT2D eigenvalue weighted by molar-refractivity contribution is 5.85. The van der Waals surface area contributed by atoms with Gasteiger partial charge in [-0.3, -0.25) is 0 Å². The molecule has 0 aromatic heterocycles. The lowest BCUT2D eigenvalue weighted by Gasteiger charge is -2.23. The van der Waals surface area contributed by atoms with E-state index in [0.717, 1.165) is 19.8 Å². The number of hydrogen-bond acceptors (Lipinski definition) is 2. The highest BCUT2D eigenvalue weighted by Gasteiger charge is 2.13. The number of nitrogens with one attached hydrogen (secondary N) is 2. The second-order valence-electron chi connectivity index (χ2n) is 3.19. The van der Waals surface area contributed by atoms with E-state index in [2.05, 4.69) is 41.0 Å². The van der Waals surface area contributed by atoms with E-state index in [-0.39, 0.29) is 24.8 Å². The van der Waals surface area contributed by atoms with Gasteiger partial charge in [0.05, 0.1) is 0 Å². The SMILES string of the molecule is Cl.Cl.c1ccc(C2CNCNC2)cc1. The fourth-order valence-corrected chi connectivity index (χ4v) is 1.61. The summed E-state index contributed by atoms with van der Waals surface area (Å²) in [5, 5.41) is 6.64. The van der Waals surface area contributed by atoms with Gasteiger partial charge in [0.25, 0.3) is 0 Å². The van der Waals surface area contributed by atoms with Crippen molar-refractivity contribution in [1.29, 1.82) is 0 Å². The molecule has 0 unspecified atom stereocenters. The van der Waals surface area contributed by atoms with E-state index in [0.29, 0.717) is 5.92 Å². The van der Waals surface area contributed by atoms with Gasteiger partial charge in [-0.2, -0.15) is 0 Å². The Morgan fingerprint density at radius 1 is 0.929 bits per heavy atom. The molecule has 1 heterocycles. The van der Waals surface area contributed by atoms with Crippen molar-refractivity contribution in [3.05, 3.63) is 35.9 Å². The van der Waals surface area contributed by atoms with Crippen molar-refractivity contribution in [2.45, 2.75) is 5.92 Å². The predicted octanol–water partition coefficient (Wildman–Crippen LogP) is 1.76. The Bertz CT molecular complexity index is 235. The molecule has 1 fully saturated rings. The Morgan fingerprint density at radius 2 is 1.50 bits per heavy atom. The molecule has 1 aliphatic rings. The maximum Gasteiger partial charge on any atom is 0.0454 e. The Kier molecular flexibility index (Phi) is 6.93. The standard InChI is InChI=1S/C10H14N2.2ClH/c1-2-4-9(5-3-1)10-6-11-8-12-7-10;;/h1-5,10-12H,6-8H2;2*1H. The molecule has 4 heteroatoms. The minimum Gasteiger partial charge on any atom is -0.304 e. The third-order valence-corrected chi connectivity index (χ3v) is 2.30. The summed E-state index contributed by atoms with van der Waals surface area (Å²) < 4.78 is 0. The molecular formula is C10H16Cl2N2. The number of rotatable bonds is 1. The zero-order valence-electron chi connectivity index (χ0n) is 7.90. The second kappa shape index (κ2) is 7.07. The summed E-state index contributed by atoms with van der Waals surface area (Å²) in [7, 11) is 0. The van der Waals surface area contributed by atoms with Crippen molar-refractivity contribution in [2.75, 3.05) is 19.8 Å². The average Bonchev–Trinajstić information content (AvgIpc) is 2.21. The van der Waals surface area contributed by atoms with E-state index in [4.69, 9.17) is 0 Å². The molecule has 0 atom stereocenters. The molecule has 1 aromatic carbocycles. The first-order valence-electron chi connectivity index (χ1n) is 4.43. The van der Waals surface area contributed by atoms with Crippen LogP contribution < -0.4 is 10.6 Å². The zero-order chi connectivity index (χ0) is 8.23. The van der Waals surface area contributed by atoms with Crippen molar-refractivity contribution in [3.63, 3.8) is 0 Å². The highest BCUT2D eigenvalue weighted by Crippen LogP contribution is 2.14. The molecule has 0 saturated carbocycles. The summed E-state index contributed by atoms with van der Waals surface area (Å²) in [5.74, 6) is 0.639. The highest BCUT2D eigenvalue weighted by atomic mass is 35.5. The van der Waals surface area contributed by atoms with Gasteiger partial charge in [0, 0.05) is 25.7 Å². The van der Waals surface area contributed by atoms with E-state index < -0.39 is 0 Å². The summed E-state index contributed by atoms with van der Waals surface area (Å²) in [4.78, 5) is 0. The number of benzene rings is 1. The largest absolute Gasteiger partial charge is 0.304 e. The summed E-state index contributed by atoms with van der Waals surface area (Å²) in [6.45, 7) is 3.14. The molecular weight excluding hydrogens is 219 g/mol. The van der Waals surface area contributed by atoms with Crippen LogP contribution in [0.5, 0.6) is 0 Å². The lowest BCUT2D eigenvalue weighted by atomic mass is 9.98. The lowest BCUT2D eigenvalue weighted by Crippen LogP contribution is -2.42. The first-order chi connectivity index (χ1) is 5.97. The fourth-order valence-electron chi connectivity index (χ4n) is 1.61. The second-order valence-corrected chi connectivity index (χ2v) is 3.19. The van der Waals surface area contributed by atoms with Gasteiger partial charge in [0.15, 0.2) is 0 Å². The van der Waals surface area contributed by atoms with Crippen LogP contribution in [0.4, 0.5) is 0 Å². The van der Waals surface area contributed by atoms with E-state index in [1.54, 1.807) is 0 Å². The molecule has 0 amide bonds. The molecule has 2 rings (SSSR count). The molecule has 1 saturated heterocycles. The van der Waals surface area contributed by atoms with E-state index in [9.17, 15) is 0 Å². The molecule has 1 aromatic rings. The van der Waals surface area contributed by atoms with Crippen molar-refractivity contribution < 1.29 is 0 Å². The van der Waals surface area contributed by atoms with Crippen LogP contribution in [-0.2, 0) is 0 Å². The van der Waals surface area contributed by atoms with Crippen LogP contribution in [0.15, 0.2) is 30.3 Å². The van der Waals surface area contributed by atoms with Crippen molar-refractivity contribution in [3.8, 4) is 0 Å². The maximum atomic E-state index is 3.32. The van der Waals surface area contributed by atoms with Gasteiger partial charge in [-0.05, 0) is 5.56 Å². The molecule has 14 heavy (non-hydrogen) atoms. The Labute approximate surface area is 97.3 Å². The molecule has 0 bridgehead atoms. The van der Waals surface area contributed by atoms with Crippen LogP contribution in [0, 0.1) is 0 Å². The van der Waals surface area contributed by atoms with Crippen LogP contribution in [-0.4, -0.2) is 19.8 Å². The van der Waals surface area contributed by atoms with Gasteiger partial charge in [-0.25, -0.2) is 0 Å². The Balaban J connectivity index is 0.000000845. The average molecular weight is 235 g/mol. The molecule has 80 valence electrons. The van der Waals surface area contributed by atoms with E-state index in [1.807, 2.05) is 0 Å². The number of hydrogen-bond donors (Lipinski definition) is 2. The van der Waals surface area contributed by atoms with E-state index in [1.165, 1.54) is 5.56 Å². The van der Waals surface area contributed by atoms with Gasteiger partial charge >= 0.3 is 0 Å². The van der Waals surface area contributed by atoms with Gasteiger partial charge in [-0.15, -0.1) is 24.8 Å². The van der Waals surface area contributed by atoms with Gasteiger partial charge in [0.2, 0.25) is 0 Å². The molecule has 0 aliphatic carbocycles. The third kappa shape index (κ3) is 3.46. The van der Waals surface area contributed by atoms with Crippen molar-refractivity contribution in [2.24, 2.45) is 0 Å². The molecule has 0 spiro atoms. The number of halogens is 2. The van der Waals surface area contributed by atoms with Crippen molar-refractivity contribution >= 4 is 24.8 Å². The first-order valence-corrected chi connectivity index (χ1v) is 4.43. The molecule has 0 radical (unpaired) electrons. The van der Waals surface area contributed by atoms with Crippen LogP contribution >= 0.6 is 24.8 Å². The topological polar surface area (TPSA) is 24.1 Å². The van der Waals surface area contributed by atoms with Crippen LogP contribution in [0.3, 0.4) is 0 Å². The Hall–Kier alpha value is -0.280. The lowest BCUT2D eigenvalue weighted by molar-refractivity contribution is 0.447. The third-order valence-electron chi connectivity index (χ3n) is 2.30. The van der Waals surface area contributed by atoms with Gasteiger partial charge < -0.3 is 10.6 Å². The minimum atomic E-state index is 0. The normalized spacial score (nSPS) is 16.6. The minimum absolute atomic E-state index is 0. The fraction of sp³-hybridized carbons (Fsp3) is 0.400. The molecule has 2 N–H and O–H groups in total. The predicted molar refractivity (Wildman–Crippen MR) is 64.6 cm³/mol. The van der Waals surface area contributed by atoms with Crippen molar-refractivity contribution in [1.82, 2.24) is 10.6 Å². The first kappa shape index (κ1) is 13.7. The monoisotopic (exact) mass is 234 g/mol.